The van der Waals surface area contributed by atoms with E-state index in [1.807, 2.05) is 6.92 Å². The molecule has 0 spiro atoms. The first kappa shape index (κ1) is 11.6. The van der Waals surface area contributed by atoms with Crippen LogP contribution in [0, 0.1) is 6.92 Å². The van der Waals surface area contributed by atoms with Crippen LogP contribution in [0.5, 0.6) is 0 Å². The van der Waals surface area contributed by atoms with E-state index in [1.165, 1.54) is 10.6 Å². The van der Waals surface area contributed by atoms with Crippen LogP contribution in [0.2, 0.25) is 0 Å². The van der Waals surface area contributed by atoms with Gasteiger partial charge in [-0.25, -0.2) is 8.42 Å². The third-order valence-corrected chi connectivity index (χ3v) is 4.00. The summed E-state index contributed by atoms with van der Waals surface area (Å²) in [6.07, 6.45) is 2.90. The predicted molar refractivity (Wildman–Crippen MR) is 58.4 cm³/mol. The largest absolute Gasteiger partial charge is 0.378 e. The summed E-state index contributed by atoms with van der Waals surface area (Å²) in [5, 5.41) is 6.75. The van der Waals surface area contributed by atoms with E-state index < -0.39 is 10.0 Å². The maximum Gasteiger partial charge on any atom is 0.211 e. The van der Waals surface area contributed by atoms with Crippen molar-refractivity contribution in [3.05, 3.63) is 17.5 Å². The Kier molecular flexibility index (Phi) is 3.00. The molecule has 1 atom stereocenters. The highest BCUT2D eigenvalue weighted by molar-refractivity contribution is 7.88. The number of hydrogen-bond donors (Lipinski definition) is 1. The first-order chi connectivity index (χ1) is 7.50. The molecule has 0 radical (unpaired) electrons. The molecule has 1 fully saturated rings. The van der Waals surface area contributed by atoms with Crippen LogP contribution >= 0.6 is 0 Å². The van der Waals surface area contributed by atoms with E-state index in [9.17, 15) is 8.42 Å². The van der Waals surface area contributed by atoms with E-state index in [4.69, 9.17) is 4.74 Å². The molecule has 2 heterocycles. The van der Waals surface area contributed by atoms with Crippen LogP contribution in [-0.4, -0.2) is 48.9 Å². The van der Waals surface area contributed by atoms with E-state index in [0.29, 0.717) is 19.8 Å². The van der Waals surface area contributed by atoms with Crippen LogP contribution in [0.1, 0.15) is 17.3 Å². The molecule has 1 saturated heterocycles. The molecule has 7 heteroatoms. The molecule has 16 heavy (non-hydrogen) atoms. The smallest absolute Gasteiger partial charge is 0.211 e. The summed E-state index contributed by atoms with van der Waals surface area (Å²) >= 11 is 0. The van der Waals surface area contributed by atoms with Gasteiger partial charge in [0, 0.05) is 6.54 Å². The van der Waals surface area contributed by atoms with E-state index in [2.05, 4.69) is 10.2 Å². The third kappa shape index (κ3) is 2.11. The van der Waals surface area contributed by atoms with Gasteiger partial charge in [0.1, 0.15) is 0 Å². The minimum absolute atomic E-state index is 0.286. The van der Waals surface area contributed by atoms with E-state index >= 15 is 0 Å². The molecule has 1 aromatic heterocycles. The highest BCUT2D eigenvalue weighted by Crippen LogP contribution is 2.26. The number of sulfonamides is 1. The summed E-state index contributed by atoms with van der Waals surface area (Å²) in [5.74, 6) is 0. The third-order valence-electron chi connectivity index (χ3n) is 2.71. The molecule has 6 nitrogen and oxygen atoms in total. The van der Waals surface area contributed by atoms with E-state index in [-0.39, 0.29) is 6.04 Å². The zero-order chi connectivity index (χ0) is 11.8. The van der Waals surface area contributed by atoms with Crippen molar-refractivity contribution in [1.29, 1.82) is 0 Å². The van der Waals surface area contributed by atoms with Crippen LogP contribution in [0.3, 0.4) is 0 Å². The monoisotopic (exact) mass is 245 g/mol. The Morgan fingerprint density at radius 3 is 2.94 bits per heavy atom. The van der Waals surface area contributed by atoms with Gasteiger partial charge < -0.3 is 4.74 Å². The zero-order valence-electron chi connectivity index (χ0n) is 9.30. The van der Waals surface area contributed by atoms with Gasteiger partial charge in [-0.05, 0) is 12.5 Å². The number of aromatic nitrogens is 2. The SMILES string of the molecule is Cc1cn[nH]c1[C@@H]1COCCN1S(C)(=O)=O. The predicted octanol–water partition coefficient (Wildman–Crippen LogP) is 0.0510. The van der Waals surface area contributed by atoms with E-state index in [1.54, 1.807) is 6.20 Å². The van der Waals surface area contributed by atoms with Crippen LogP contribution in [0.4, 0.5) is 0 Å². The second kappa shape index (κ2) is 4.15. The topological polar surface area (TPSA) is 75.3 Å². The normalized spacial score (nSPS) is 23.5. The Morgan fingerprint density at radius 2 is 2.38 bits per heavy atom. The van der Waals surface area contributed by atoms with E-state index in [0.717, 1.165) is 11.3 Å². The standard InChI is InChI=1S/C9H15N3O3S/c1-7-5-10-11-9(7)8-6-15-4-3-12(8)16(2,13)14/h5,8H,3-4,6H2,1-2H3,(H,10,11)/t8-/m0/s1. The van der Waals surface area contributed by atoms with Gasteiger partial charge in [-0.2, -0.15) is 9.40 Å². The number of hydrogen-bond acceptors (Lipinski definition) is 4. The number of rotatable bonds is 2. The average Bonchev–Trinajstić information content (AvgIpc) is 2.63. The molecule has 1 aromatic rings. The highest BCUT2D eigenvalue weighted by atomic mass is 32.2. The van der Waals surface area contributed by atoms with Crippen LogP contribution in [0.15, 0.2) is 6.20 Å². The maximum absolute atomic E-state index is 11.6. The lowest BCUT2D eigenvalue weighted by Gasteiger charge is -2.33. The van der Waals surface area contributed by atoms with Gasteiger partial charge in [0.25, 0.3) is 0 Å². The molecule has 0 aliphatic carbocycles. The summed E-state index contributed by atoms with van der Waals surface area (Å²) in [4.78, 5) is 0. The number of nitrogens with one attached hydrogen (secondary N) is 1. The summed E-state index contributed by atoms with van der Waals surface area (Å²) in [5.41, 5.74) is 1.76. The number of nitrogens with zero attached hydrogens (tertiary/aromatic N) is 2. The fourth-order valence-corrected chi connectivity index (χ4v) is 2.94. The van der Waals surface area contributed by atoms with Crippen molar-refractivity contribution in [2.45, 2.75) is 13.0 Å². The van der Waals surface area contributed by atoms with Crippen LogP contribution < -0.4 is 0 Å². The number of aromatic amines is 1. The summed E-state index contributed by atoms with van der Waals surface area (Å²) in [6.45, 7) is 3.10. The van der Waals surface area contributed by atoms with Crippen molar-refractivity contribution in [1.82, 2.24) is 14.5 Å². The molecule has 1 aliphatic heterocycles. The minimum Gasteiger partial charge on any atom is -0.378 e. The minimum atomic E-state index is -3.21. The number of morpholine rings is 1. The van der Waals surface area contributed by atoms with Crippen LogP contribution in [-0.2, 0) is 14.8 Å². The van der Waals surface area contributed by atoms with Crippen molar-refractivity contribution in [2.75, 3.05) is 26.0 Å². The average molecular weight is 245 g/mol. The van der Waals surface area contributed by atoms with Gasteiger partial charge in [0.2, 0.25) is 10.0 Å². The van der Waals surface area contributed by atoms with Crippen LogP contribution in [0.25, 0.3) is 0 Å². The van der Waals surface area contributed by atoms with Crippen molar-refractivity contribution >= 4 is 10.0 Å². The van der Waals surface area contributed by atoms with Gasteiger partial charge >= 0.3 is 0 Å². The van der Waals surface area contributed by atoms with Crippen molar-refractivity contribution in [3.63, 3.8) is 0 Å². The molecular formula is C9H15N3O3S. The lowest BCUT2D eigenvalue weighted by molar-refractivity contribution is 0.0307. The van der Waals surface area contributed by atoms with Crippen molar-refractivity contribution in [3.8, 4) is 0 Å². The number of aryl methyl sites for hydroxylation is 1. The first-order valence-electron chi connectivity index (χ1n) is 5.04. The molecule has 0 aromatic carbocycles. The van der Waals surface area contributed by atoms with Gasteiger partial charge in [-0.3, -0.25) is 5.10 Å². The second-order valence-corrected chi connectivity index (χ2v) is 5.87. The molecular weight excluding hydrogens is 230 g/mol. The Labute approximate surface area is 94.6 Å². The molecule has 0 unspecified atom stereocenters. The molecule has 1 N–H and O–H groups in total. The fourth-order valence-electron chi connectivity index (χ4n) is 1.91. The molecule has 90 valence electrons. The Bertz CT molecular complexity index is 468. The molecule has 1 aliphatic rings. The number of ether oxygens (including phenoxy) is 1. The molecule has 0 bridgehead atoms. The summed E-state index contributed by atoms with van der Waals surface area (Å²) in [7, 11) is -3.21. The van der Waals surface area contributed by atoms with Gasteiger partial charge in [-0.15, -0.1) is 0 Å². The summed E-state index contributed by atoms with van der Waals surface area (Å²) < 4.78 is 30.1. The second-order valence-electron chi connectivity index (χ2n) is 3.93. The molecule has 0 saturated carbocycles. The van der Waals surface area contributed by atoms with Gasteiger partial charge in [0.05, 0.1) is 37.4 Å². The lowest BCUT2D eigenvalue weighted by Crippen LogP contribution is -2.43. The number of H-pyrrole nitrogens is 1. The summed E-state index contributed by atoms with van der Waals surface area (Å²) in [6, 6.07) is -0.286. The molecule has 0 amide bonds. The van der Waals surface area contributed by atoms with Crippen molar-refractivity contribution in [2.24, 2.45) is 0 Å². The first-order valence-corrected chi connectivity index (χ1v) is 6.89. The maximum atomic E-state index is 11.6. The molecule has 2 rings (SSSR count). The quantitative estimate of drug-likeness (QED) is 0.799. The Balaban J connectivity index is 2.34. The highest BCUT2D eigenvalue weighted by Gasteiger charge is 2.32. The lowest BCUT2D eigenvalue weighted by atomic mass is 10.1. The zero-order valence-corrected chi connectivity index (χ0v) is 10.1. The van der Waals surface area contributed by atoms with Gasteiger partial charge in [-0.1, -0.05) is 0 Å². The van der Waals surface area contributed by atoms with Crippen molar-refractivity contribution < 1.29 is 13.2 Å². The Morgan fingerprint density at radius 1 is 1.62 bits per heavy atom. The fraction of sp³-hybridized carbons (Fsp3) is 0.667. The Hall–Kier alpha value is -0.920. The van der Waals surface area contributed by atoms with Gasteiger partial charge in [0.15, 0.2) is 0 Å².